The van der Waals surface area contributed by atoms with E-state index < -0.39 is 0 Å². The second-order valence-corrected chi connectivity index (χ2v) is 16.7. The minimum absolute atomic E-state index is 0.126. The highest BCUT2D eigenvalue weighted by molar-refractivity contribution is 6.19. The summed E-state index contributed by atoms with van der Waals surface area (Å²) in [5, 5.41) is 4.42. The third kappa shape index (κ3) is 5.29. The van der Waals surface area contributed by atoms with E-state index in [4.69, 9.17) is 8.83 Å². The molecule has 2 aliphatic carbocycles. The van der Waals surface area contributed by atoms with E-state index in [0.717, 1.165) is 90.1 Å². The number of para-hydroxylation sites is 1. The van der Waals surface area contributed by atoms with Crippen molar-refractivity contribution in [2.24, 2.45) is 0 Å². The van der Waals surface area contributed by atoms with E-state index in [1.54, 1.807) is 0 Å². The van der Waals surface area contributed by atoms with Gasteiger partial charge >= 0.3 is 0 Å². The van der Waals surface area contributed by atoms with Crippen molar-refractivity contribution in [3.8, 4) is 33.4 Å². The van der Waals surface area contributed by atoms with Gasteiger partial charge in [0.15, 0.2) is 0 Å². The lowest BCUT2D eigenvalue weighted by atomic mass is 9.82. The van der Waals surface area contributed by atoms with Crippen LogP contribution in [0.1, 0.15) is 43.4 Å². The van der Waals surface area contributed by atoms with E-state index in [-0.39, 0.29) is 5.41 Å². The highest BCUT2D eigenvalue weighted by Crippen LogP contribution is 2.51. The van der Waals surface area contributed by atoms with Crippen LogP contribution in [0.15, 0.2) is 191 Å². The molecule has 0 spiro atoms. The highest BCUT2D eigenvalue weighted by Gasteiger charge is 2.36. The van der Waals surface area contributed by atoms with Crippen LogP contribution in [-0.4, -0.2) is 0 Å². The summed E-state index contributed by atoms with van der Waals surface area (Å²) in [4.78, 5) is 2.43. The number of fused-ring (bicyclic) bond motifs is 9. The van der Waals surface area contributed by atoms with Crippen molar-refractivity contribution in [2.75, 3.05) is 4.90 Å². The Bertz CT molecular complexity index is 3460. The van der Waals surface area contributed by atoms with Crippen molar-refractivity contribution in [3.05, 3.63) is 209 Å². The maximum Gasteiger partial charge on any atom is 0.144 e. The summed E-state index contributed by atoms with van der Waals surface area (Å²) in [5.41, 5.74) is 19.1. The first-order valence-electron chi connectivity index (χ1n) is 21.0. The average Bonchev–Trinajstić information content (AvgIpc) is 3.94. The molecule has 3 heteroatoms. The molecule has 8 aromatic carbocycles. The molecule has 0 unspecified atom stereocenters. The van der Waals surface area contributed by atoms with Gasteiger partial charge in [-0.25, -0.2) is 0 Å². The number of hydrogen-bond donors (Lipinski definition) is 0. The Balaban J connectivity index is 1.07. The monoisotopic (exact) mass is 771 g/mol. The van der Waals surface area contributed by atoms with E-state index in [0.29, 0.717) is 0 Å². The van der Waals surface area contributed by atoms with E-state index >= 15 is 0 Å². The Hall–Kier alpha value is -7.36. The quantitative estimate of drug-likeness (QED) is 0.169. The fourth-order valence-corrected chi connectivity index (χ4v) is 10.1. The average molecular weight is 772 g/mol. The molecule has 0 atom stereocenters. The number of nitrogens with zero attached hydrogens (tertiary/aromatic N) is 1. The third-order valence-electron chi connectivity index (χ3n) is 12.9. The van der Waals surface area contributed by atoms with Gasteiger partial charge in [0.2, 0.25) is 0 Å². The summed E-state index contributed by atoms with van der Waals surface area (Å²) in [6, 6.07) is 65.7. The topological polar surface area (TPSA) is 29.5 Å². The van der Waals surface area contributed by atoms with Crippen LogP contribution in [-0.2, 0) is 5.41 Å². The molecule has 2 aliphatic rings. The first kappa shape index (κ1) is 34.7. The van der Waals surface area contributed by atoms with Gasteiger partial charge in [-0.05, 0) is 106 Å². The molecule has 60 heavy (non-hydrogen) atoms. The number of anilines is 3. The van der Waals surface area contributed by atoms with Crippen molar-refractivity contribution in [2.45, 2.75) is 32.1 Å². The number of furan rings is 2. The summed E-state index contributed by atoms with van der Waals surface area (Å²) < 4.78 is 13.7. The van der Waals surface area contributed by atoms with Gasteiger partial charge in [-0.1, -0.05) is 153 Å². The van der Waals surface area contributed by atoms with Gasteiger partial charge < -0.3 is 13.7 Å². The van der Waals surface area contributed by atoms with Crippen LogP contribution in [0.25, 0.3) is 77.9 Å². The zero-order valence-corrected chi connectivity index (χ0v) is 33.6. The van der Waals surface area contributed by atoms with Crippen LogP contribution in [0.2, 0.25) is 0 Å². The first-order chi connectivity index (χ1) is 29.5. The maximum absolute atomic E-state index is 7.18. The van der Waals surface area contributed by atoms with E-state index in [1.807, 2.05) is 6.07 Å². The Morgan fingerprint density at radius 3 is 1.95 bits per heavy atom. The molecule has 12 rings (SSSR count). The van der Waals surface area contributed by atoms with Crippen molar-refractivity contribution in [1.29, 1.82) is 0 Å². The van der Waals surface area contributed by atoms with E-state index in [1.165, 1.54) is 39.0 Å². The van der Waals surface area contributed by atoms with Crippen molar-refractivity contribution in [3.63, 3.8) is 0 Å². The lowest BCUT2D eigenvalue weighted by Gasteiger charge is -2.29. The molecule has 0 saturated heterocycles. The number of rotatable bonds is 6. The van der Waals surface area contributed by atoms with Gasteiger partial charge in [0.1, 0.15) is 22.2 Å². The molecule has 10 aromatic rings. The van der Waals surface area contributed by atoms with Gasteiger partial charge in [0.25, 0.3) is 0 Å². The molecule has 0 amide bonds. The molecular weight excluding hydrogens is 731 g/mol. The van der Waals surface area contributed by atoms with Crippen molar-refractivity contribution < 1.29 is 8.83 Å². The Kier molecular flexibility index (Phi) is 7.71. The van der Waals surface area contributed by atoms with Crippen molar-refractivity contribution in [1.82, 2.24) is 0 Å². The van der Waals surface area contributed by atoms with Crippen LogP contribution in [0.5, 0.6) is 0 Å². The van der Waals surface area contributed by atoms with Gasteiger partial charge in [0.05, 0.1) is 0 Å². The lowest BCUT2D eigenvalue weighted by molar-refractivity contribution is 0.569. The largest absolute Gasteiger partial charge is 0.456 e. The molecule has 0 radical (unpaired) electrons. The summed E-state index contributed by atoms with van der Waals surface area (Å²) in [5.74, 6) is 0. The zero-order valence-electron chi connectivity index (χ0n) is 33.6. The van der Waals surface area contributed by atoms with Crippen LogP contribution in [0, 0.1) is 0 Å². The van der Waals surface area contributed by atoms with Crippen molar-refractivity contribution >= 4 is 61.6 Å². The molecule has 286 valence electrons. The minimum Gasteiger partial charge on any atom is -0.456 e. The molecule has 0 N–H and O–H groups in total. The predicted octanol–water partition coefficient (Wildman–Crippen LogP) is 14.2. The second-order valence-electron chi connectivity index (χ2n) is 16.7. The molecule has 0 aliphatic heterocycles. The highest BCUT2D eigenvalue weighted by atomic mass is 16.3. The number of hydrogen-bond acceptors (Lipinski definition) is 3. The van der Waals surface area contributed by atoms with Crippen LogP contribution < -0.4 is 15.5 Å². The number of benzene rings is 8. The molecule has 0 bridgehead atoms. The fourth-order valence-electron chi connectivity index (χ4n) is 10.1. The first-order valence-corrected chi connectivity index (χ1v) is 21.0. The predicted molar refractivity (Wildman–Crippen MR) is 249 cm³/mol. The molecule has 3 nitrogen and oxygen atoms in total. The second kappa shape index (κ2) is 13.3. The van der Waals surface area contributed by atoms with Crippen LogP contribution >= 0.6 is 0 Å². The van der Waals surface area contributed by atoms with Gasteiger partial charge in [-0.15, -0.1) is 0 Å². The van der Waals surface area contributed by atoms with Gasteiger partial charge in [-0.2, -0.15) is 0 Å². The Morgan fingerprint density at radius 1 is 0.483 bits per heavy atom. The zero-order chi connectivity index (χ0) is 40.0. The smallest absolute Gasteiger partial charge is 0.144 e. The molecule has 0 saturated carbocycles. The lowest BCUT2D eigenvalue weighted by Crippen LogP contribution is -2.26. The minimum atomic E-state index is -0.126. The molecule has 0 fully saturated rings. The summed E-state index contributed by atoms with van der Waals surface area (Å²) in [7, 11) is 0. The SMILES string of the molecule is CC1(C)c2ccccc2-c2ccc(N(c3cccc(C4=c5oc6c(-c7ccccc7)c7c(cc6c5=CCC4)oc4ccccc47)c3)c3cccc(-c4ccccc4)c3)cc21. The van der Waals surface area contributed by atoms with Gasteiger partial charge in [0, 0.05) is 55.0 Å². The fraction of sp³-hybridized carbons (Fsp3) is 0.0877. The summed E-state index contributed by atoms with van der Waals surface area (Å²) in [6.45, 7) is 4.71. The Morgan fingerprint density at radius 2 is 1.13 bits per heavy atom. The third-order valence-corrected chi connectivity index (χ3v) is 12.9. The maximum atomic E-state index is 7.18. The normalized spacial score (nSPS) is 13.9. The van der Waals surface area contributed by atoms with Crippen LogP contribution in [0.4, 0.5) is 17.1 Å². The Labute approximate surface area is 348 Å². The summed E-state index contributed by atoms with van der Waals surface area (Å²) >= 11 is 0. The molecule has 2 aromatic heterocycles. The molecular formula is C57H41NO2. The van der Waals surface area contributed by atoms with E-state index in [2.05, 4.69) is 201 Å². The van der Waals surface area contributed by atoms with Crippen LogP contribution in [0.3, 0.4) is 0 Å². The van der Waals surface area contributed by atoms with Gasteiger partial charge in [-0.3, -0.25) is 0 Å². The molecule has 2 heterocycles. The summed E-state index contributed by atoms with van der Waals surface area (Å²) in [6.07, 6.45) is 4.15. The van der Waals surface area contributed by atoms with E-state index in [9.17, 15) is 0 Å². The standard InChI is InChI=1S/C57H41NO2/c1-57(2)49-28-11-9-24-44(49)45-31-30-42(34-50(45)57)58(40-22-13-20-38(32-40)36-16-5-3-6-17-36)41-23-14-21-39(33-41)43-26-15-27-46-48-35-52-54(47-25-10-12-29-51(47)59-52)53(56(48)60-55(43)46)37-18-7-4-8-19-37/h3-14,16-25,27-35H,15,26H2,1-2H3.